The van der Waals surface area contributed by atoms with E-state index >= 15 is 0 Å². The highest BCUT2D eigenvalue weighted by Gasteiger charge is 2.04. The van der Waals surface area contributed by atoms with Gasteiger partial charge in [-0.1, -0.05) is 84.6 Å². The second-order valence-electron chi connectivity index (χ2n) is 6.21. The lowest BCUT2D eigenvalue weighted by molar-refractivity contribution is 1.46. The summed E-state index contributed by atoms with van der Waals surface area (Å²) < 4.78 is 0. The Morgan fingerprint density at radius 3 is 1.38 bits per heavy atom. The average molecular weight is 306 g/mol. The maximum Gasteiger partial charge on any atom is 0.0356 e. The van der Waals surface area contributed by atoms with Crippen molar-refractivity contribution in [2.75, 3.05) is 0 Å². The SMILES string of the molecule is Cc1ccc2ccccc2c1C#Cc1c(C)ccc2ccccc12. The molecule has 0 atom stereocenters. The predicted octanol–water partition coefficient (Wildman–Crippen LogP) is 6.01. The van der Waals surface area contributed by atoms with Crippen molar-refractivity contribution < 1.29 is 0 Å². The molecule has 4 aromatic carbocycles. The largest absolute Gasteiger partial charge is 0.0616 e. The lowest BCUT2D eigenvalue weighted by Crippen LogP contribution is -1.88. The predicted molar refractivity (Wildman–Crippen MR) is 103 cm³/mol. The highest BCUT2D eigenvalue weighted by atomic mass is 14.1. The molecule has 0 heteroatoms. The molecule has 0 radical (unpaired) electrons. The summed E-state index contributed by atoms with van der Waals surface area (Å²) in [5, 5.41) is 4.93. The van der Waals surface area contributed by atoms with Crippen molar-refractivity contribution in [3.8, 4) is 11.8 Å². The highest BCUT2D eigenvalue weighted by Crippen LogP contribution is 2.23. The molecule has 0 saturated carbocycles. The van der Waals surface area contributed by atoms with E-state index in [4.69, 9.17) is 0 Å². The van der Waals surface area contributed by atoms with E-state index in [1.165, 1.54) is 32.7 Å². The van der Waals surface area contributed by atoms with Crippen LogP contribution in [0.3, 0.4) is 0 Å². The van der Waals surface area contributed by atoms with Crippen LogP contribution in [0, 0.1) is 25.7 Å². The maximum absolute atomic E-state index is 3.46. The Morgan fingerprint density at radius 1 is 0.500 bits per heavy atom. The van der Waals surface area contributed by atoms with Crippen molar-refractivity contribution in [1.29, 1.82) is 0 Å². The van der Waals surface area contributed by atoms with E-state index in [-0.39, 0.29) is 0 Å². The zero-order chi connectivity index (χ0) is 16.5. The first-order valence-corrected chi connectivity index (χ1v) is 8.23. The smallest absolute Gasteiger partial charge is 0.0356 e. The molecule has 0 N–H and O–H groups in total. The summed E-state index contributed by atoms with van der Waals surface area (Å²) >= 11 is 0. The number of rotatable bonds is 0. The quantitative estimate of drug-likeness (QED) is 0.349. The molecule has 0 aliphatic heterocycles. The van der Waals surface area contributed by atoms with Gasteiger partial charge in [0.2, 0.25) is 0 Å². The zero-order valence-electron chi connectivity index (χ0n) is 13.9. The molecule has 0 heterocycles. The molecule has 0 saturated heterocycles. The van der Waals surface area contributed by atoms with Gasteiger partial charge in [-0.15, -0.1) is 0 Å². The van der Waals surface area contributed by atoms with Gasteiger partial charge in [0.25, 0.3) is 0 Å². The van der Waals surface area contributed by atoms with Crippen LogP contribution >= 0.6 is 0 Å². The van der Waals surface area contributed by atoms with Gasteiger partial charge in [-0.05, 0) is 46.5 Å². The molecule has 114 valence electrons. The van der Waals surface area contributed by atoms with Crippen molar-refractivity contribution >= 4 is 21.5 Å². The van der Waals surface area contributed by atoms with Gasteiger partial charge in [0, 0.05) is 11.1 Å². The van der Waals surface area contributed by atoms with Gasteiger partial charge in [0.1, 0.15) is 0 Å². The Labute approximate surface area is 142 Å². The van der Waals surface area contributed by atoms with E-state index in [9.17, 15) is 0 Å². The molecule has 0 spiro atoms. The van der Waals surface area contributed by atoms with Crippen molar-refractivity contribution in [3.05, 3.63) is 95.1 Å². The zero-order valence-corrected chi connectivity index (χ0v) is 13.9. The summed E-state index contributed by atoms with van der Waals surface area (Å²) in [7, 11) is 0. The first kappa shape index (κ1) is 14.5. The second-order valence-corrected chi connectivity index (χ2v) is 6.21. The molecule has 4 aromatic rings. The fourth-order valence-corrected chi connectivity index (χ4v) is 3.22. The summed E-state index contributed by atoms with van der Waals surface area (Å²) in [6, 6.07) is 25.5. The average Bonchev–Trinajstić information content (AvgIpc) is 2.62. The van der Waals surface area contributed by atoms with Crippen LogP contribution in [0.4, 0.5) is 0 Å². The Bertz CT molecular complexity index is 1030. The summed E-state index contributed by atoms with van der Waals surface area (Å²) in [4.78, 5) is 0. The van der Waals surface area contributed by atoms with Crippen LogP contribution in [0.25, 0.3) is 21.5 Å². The van der Waals surface area contributed by atoms with Crippen LogP contribution in [0.1, 0.15) is 22.3 Å². The molecule has 0 fully saturated rings. The number of hydrogen-bond donors (Lipinski definition) is 0. The molecule has 24 heavy (non-hydrogen) atoms. The van der Waals surface area contributed by atoms with Crippen LogP contribution in [-0.4, -0.2) is 0 Å². The van der Waals surface area contributed by atoms with Gasteiger partial charge in [0.15, 0.2) is 0 Å². The van der Waals surface area contributed by atoms with Crippen molar-refractivity contribution in [1.82, 2.24) is 0 Å². The number of aryl methyl sites for hydroxylation is 2. The van der Waals surface area contributed by atoms with Crippen LogP contribution in [0.15, 0.2) is 72.8 Å². The van der Waals surface area contributed by atoms with Crippen molar-refractivity contribution in [2.24, 2.45) is 0 Å². The van der Waals surface area contributed by atoms with Gasteiger partial charge in [-0.2, -0.15) is 0 Å². The Kier molecular flexibility index (Phi) is 3.56. The molecular formula is C24H18. The fourth-order valence-electron chi connectivity index (χ4n) is 3.22. The molecule has 0 aromatic heterocycles. The monoisotopic (exact) mass is 306 g/mol. The van der Waals surface area contributed by atoms with Crippen LogP contribution in [0.2, 0.25) is 0 Å². The molecule has 0 nitrogen and oxygen atoms in total. The van der Waals surface area contributed by atoms with E-state index in [2.05, 4.69) is 98.5 Å². The van der Waals surface area contributed by atoms with E-state index in [1.54, 1.807) is 0 Å². The maximum atomic E-state index is 3.46. The highest BCUT2D eigenvalue weighted by molar-refractivity contribution is 5.92. The van der Waals surface area contributed by atoms with Crippen LogP contribution < -0.4 is 0 Å². The Balaban J connectivity index is 1.96. The Morgan fingerprint density at radius 2 is 0.917 bits per heavy atom. The minimum Gasteiger partial charge on any atom is -0.0616 e. The molecule has 0 bridgehead atoms. The van der Waals surface area contributed by atoms with E-state index in [0.717, 1.165) is 11.1 Å². The van der Waals surface area contributed by atoms with E-state index < -0.39 is 0 Å². The Hall–Kier alpha value is -3.04. The molecular weight excluding hydrogens is 288 g/mol. The van der Waals surface area contributed by atoms with E-state index in [0.29, 0.717) is 0 Å². The lowest BCUT2D eigenvalue weighted by atomic mass is 9.97. The molecule has 0 unspecified atom stereocenters. The van der Waals surface area contributed by atoms with Gasteiger partial charge in [-0.25, -0.2) is 0 Å². The van der Waals surface area contributed by atoms with Crippen LogP contribution in [0.5, 0.6) is 0 Å². The molecule has 4 rings (SSSR count). The number of fused-ring (bicyclic) bond motifs is 2. The summed E-state index contributed by atoms with van der Waals surface area (Å²) in [5.74, 6) is 6.91. The summed E-state index contributed by atoms with van der Waals surface area (Å²) in [5.41, 5.74) is 4.69. The second kappa shape index (κ2) is 5.87. The number of hydrogen-bond acceptors (Lipinski definition) is 0. The van der Waals surface area contributed by atoms with Gasteiger partial charge < -0.3 is 0 Å². The first-order valence-electron chi connectivity index (χ1n) is 8.23. The normalized spacial score (nSPS) is 10.6. The van der Waals surface area contributed by atoms with Crippen molar-refractivity contribution in [2.45, 2.75) is 13.8 Å². The van der Waals surface area contributed by atoms with Crippen molar-refractivity contribution in [3.63, 3.8) is 0 Å². The van der Waals surface area contributed by atoms with E-state index in [1.807, 2.05) is 0 Å². The molecule has 0 aliphatic rings. The third-order valence-corrected chi connectivity index (χ3v) is 4.59. The molecule has 0 amide bonds. The minimum absolute atomic E-state index is 1.13. The lowest BCUT2D eigenvalue weighted by Gasteiger charge is -2.06. The third-order valence-electron chi connectivity index (χ3n) is 4.59. The summed E-state index contributed by atoms with van der Waals surface area (Å²) in [6.07, 6.45) is 0. The van der Waals surface area contributed by atoms with Crippen LogP contribution in [-0.2, 0) is 0 Å². The summed E-state index contributed by atoms with van der Waals surface area (Å²) in [6.45, 7) is 4.26. The first-order chi connectivity index (χ1) is 11.7. The number of benzene rings is 4. The van der Waals surface area contributed by atoms with Gasteiger partial charge in [-0.3, -0.25) is 0 Å². The fraction of sp³-hybridized carbons (Fsp3) is 0.0833. The topological polar surface area (TPSA) is 0 Å². The molecule has 0 aliphatic carbocycles. The van der Waals surface area contributed by atoms with Gasteiger partial charge in [0.05, 0.1) is 0 Å². The minimum atomic E-state index is 1.13. The standard InChI is InChI=1S/C24H18/c1-17-11-13-19-7-3-5-9-23(19)21(17)15-16-22-18(2)12-14-20-8-4-6-10-24(20)22/h3-14H,1-2H3. The van der Waals surface area contributed by atoms with Gasteiger partial charge >= 0.3 is 0 Å². The third kappa shape index (κ3) is 2.45.